The highest BCUT2D eigenvalue weighted by molar-refractivity contribution is 5.94. The first kappa shape index (κ1) is 16.6. The van der Waals surface area contributed by atoms with Crippen LogP contribution in [0.4, 0.5) is 0 Å². The lowest BCUT2D eigenvalue weighted by atomic mass is 9.93. The zero-order valence-electron chi connectivity index (χ0n) is 14.3. The Hall–Kier alpha value is -2.28. The third kappa shape index (κ3) is 3.46. The summed E-state index contributed by atoms with van der Waals surface area (Å²) in [6, 6.07) is 0. The summed E-state index contributed by atoms with van der Waals surface area (Å²) in [5, 5.41) is 3.00. The van der Waals surface area contributed by atoms with Crippen LogP contribution in [0.5, 0.6) is 0 Å². The maximum atomic E-state index is 12.4. The lowest BCUT2D eigenvalue weighted by Crippen LogP contribution is -2.36. The Morgan fingerprint density at radius 3 is 2.96 bits per heavy atom. The van der Waals surface area contributed by atoms with E-state index in [1.165, 1.54) is 0 Å². The number of carbonyl (C=O) groups is 1. The number of amides is 1. The first-order valence-corrected chi connectivity index (χ1v) is 8.23. The van der Waals surface area contributed by atoms with E-state index in [0.717, 1.165) is 25.3 Å². The Labute approximate surface area is 141 Å². The predicted octanol–water partition coefficient (Wildman–Crippen LogP) is 1.72. The molecule has 1 aliphatic rings. The Kier molecular flexibility index (Phi) is 4.89. The molecule has 2 aromatic heterocycles. The number of imidazole rings is 1. The van der Waals surface area contributed by atoms with Gasteiger partial charge in [-0.3, -0.25) is 4.79 Å². The highest BCUT2D eigenvalue weighted by atomic mass is 16.5. The summed E-state index contributed by atoms with van der Waals surface area (Å²) in [5.74, 6) is 1.63. The number of aromatic nitrogens is 4. The monoisotopic (exact) mass is 329 g/mol. The van der Waals surface area contributed by atoms with Gasteiger partial charge in [0.05, 0.1) is 11.3 Å². The summed E-state index contributed by atoms with van der Waals surface area (Å²) in [5.41, 5.74) is 1.21. The van der Waals surface area contributed by atoms with Crippen LogP contribution in [-0.4, -0.2) is 38.6 Å². The second-order valence-corrected chi connectivity index (χ2v) is 6.22. The van der Waals surface area contributed by atoms with E-state index in [2.05, 4.69) is 20.3 Å². The van der Waals surface area contributed by atoms with Gasteiger partial charge in [0.25, 0.3) is 5.91 Å². The van der Waals surface area contributed by atoms with Crippen molar-refractivity contribution in [1.82, 2.24) is 24.8 Å². The fourth-order valence-corrected chi connectivity index (χ4v) is 3.11. The molecular weight excluding hydrogens is 306 g/mol. The highest BCUT2D eigenvalue weighted by Gasteiger charge is 2.30. The number of rotatable bonds is 4. The number of ether oxygens (including phenoxy) is 1. The van der Waals surface area contributed by atoms with Crippen molar-refractivity contribution in [3.05, 3.63) is 41.5 Å². The third-order valence-corrected chi connectivity index (χ3v) is 4.43. The molecule has 1 amide bonds. The van der Waals surface area contributed by atoms with Crippen LogP contribution in [-0.2, 0) is 11.8 Å². The van der Waals surface area contributed by atoms with E-state index >= 15 is 0 Å². The molecule has 1 N–H and O–H groups in total. The van der Waals surface area contributed by atoms with Gasteiger partial charge in [0.2, 0.25) is 0 Å². The molecule has 24 heavy (non-hydrogen) atoms. The number of hydrogen-bond acceptors (Lipinski definition) is 5. The molecule has 1 aliphatic heterocycles. The second kappa shape index (κ2) is 7.09. The van der Waals surface area contributed by atoms with Crippen LogP contribution in [0.2, 0.25) is 0 Å². The SMILES string of the molecule is Cc1ncc(C(=O)NC[C@@H]2CCCO[C@H]2c2nccn2C)c(C)n1. The van der Waals surface area contributed by atoms with E-state index in [1.807, 2.05) is 31.7 Å². The molecule has 3 heterocycles. The standard InChI is InChI=1S/C17H23N5O2/c1-11-14(10-19-12(2)21-11)17(23)20-9-13-5-4-8-24-15(13)16-18-6-7-22(16)3/h6-7,10,13,15H,4-5,8-9H2,1-3H3,(H,20,23)/t13-,15+/m0/s1. The van der Waals surface area contributed by atoms with Crippen molar-refractivity contribution in [2.75, 3.05) is 13.2 Å². The van der Waals surface area contributed by atoms with Gasteiger partial charge in [0.1, 0.15) is 17.8 Å². The molecule has 0 saturated carbocycles. The van der Waals surface area contributed by atoms with Gasteiger partial charge in [0.15, 0.2) is 0 Å². The molecule has 3 rings (SSSR count). The van der Waals surface area contributed by atoms with Gasteiger partial charge in [-0.2, -0.15) is 0 Å². The van der Waals surface area contributed by atoms with Crippen LogP contribution in [0.15, 0.2) is 18.6 Å². The number of nitrogens with zero attached hydrogens (tertiary/aromatic N) is 4. The molecule has 0 aliphatic carbocycles. The Morgan fingerprint density at radius 1 is 1.42 bits per heavy atom. The normalized spacial score (nSPS) is 20.8. The summed E-state index contributed by atoms with van der Waals surface area (Å²) in [4.78, 5) is 25.2. The number of carbonyl (C=O) groups excluding carboxylic acids is 1. The van der Waals surface area contributed by atoms with Crippen molar-refractivity contribution in [2.45, 2.75) is 32.8 Å². The first-order valence-electron chi connectivity index (χ1n) is 8.23. The van der Waals surface area contributed by atoms with Crippen molar-refractivity contribution in [3.8, 4) is 0 Å². The molecule has 2 atom stereocenters. The van der Waals surface area contributed by atoms with Crippen LogP contribution in [0.1, 0.15) is 46.6 Å². The van der Waals surface area contributed by atoms with Crippen LogP contribution in [0.3, 0.4) is 0 Å². The molecule has 7 nitrogen and oxygen atoms in total. The maximum Gasteiger partial charge on any atom is 0.254 e. The third-order valence-electron chi connectivity index (χ3n) is 4.43. The molecule has 0 spiro atoms. The van der Waals surface area contributed by atoms with Gasteiger partial charge in [-0.1, -0.05) is 0 Å². The maximum absolute atomic E-state index is 12.4. The minimum atomic E-state index is -0.142. The summed E-state index contributed by atoms with van der Waals surface area (Å²) >= 11 is 0. The Morgan fingerprint density at radius 2 is 2.25 bits per heavy atom. The first-order chi connectivity index (χ1) is 11.6. The van der Waals surface area contributed by atoms with Crippen molar-refractivity contribution < 1.29 is 9.53 Å². The molecular formula is C17H23N5O2. The van der Waals surface area contributed by atoms with E-state index < -0.39 is 0 Å². The smallest absolute Gasteiger partial charge is 0.254 e. The number of aryl methyl sites for hydroxylation is 3. The van der Waals surface area contributed by atoms with Gasteiger partial charge in [-0.15, -0.1) is 0 Å². The number of nitrogens with one attached hydrogen (secondary N) is 1. The summed E-state index contributed by atoms with van der Waals surface area (Å²) in [6.07, 6.45) is 7.18. The quantitative estimate of drug-likeness (QED) is 0.924. The average molecular weight is 329 g/mol. The van der Waals surface area contributed by atoms with Crippen molar-refractivity contribution in [2.24, 2.45) is 13.0 Å². The Bertz CT molecular complexity index is 728. The molecule has 7 heteroatoms. The summed E-state index contributed by atoms with van der Waals surface area (Å²) < 4.78 is 7.91. The fourth-order valence-electron chi connectivity index (χ4n) is 3.11. The van der Waals surface area contributed by atoms with Gasteiger partial charge >= 0.3 is 0 Å². The van der Waals surface area contributed by atoms with E-state index in [1.54, 1.807) is 12.4 Å². The van der Waals surface area contributed by atoms with Gasteiger partial charge in [-0.05, 0) is 26.7 Å². The van der Waals surface area contributed by atoms with Gasteiger partial charge < -0.3 is 14.6 Å². The Balaban J connectivity index is 1.68. The summed E-state index contributed by atoms with van der Waals surface area (Å²) in [7, 11) is 1.96. The van der Waals surface area contributed by atoms with Crippen molar-refractivity contribution in [3.63, 3.8) is 0 Å². The highest BCUT2D eigenvalue weighted by Crippen LogP contribution is 2.32. The van der Waals surface area contributed by atoms with E-state index in [0.29, 0.717) is 23.6 Å². The average Bonchev–Trinajstić information content (AvgIpc) is 2.99. The second-order valence-electron chi connectivity index (χ2n) is 6.22. The van der Waals surface area contributed by atoms with E-state index in [-0.39, 0.29) is 17.9 Å². The lowest BCUT2D eigenvalue weighted by Gasteiger charge is -2.31. The predicted molar refractivity (Wildman–Crippen MR) is 88.5 cm³/mol. The van der Waals surface area contributed by atoms with Crippen molar-refractivity contribution >= 4 is 5.91 Å². The lowest BCUT2D eigenvalue weighted by molar-refractivity contribution is -0.0337. The molecule has 0 radical (unpaired) electrons. The van der Waals surface area contributed by atoms with E-state index in [9.17, 15) is 4.79 Å². The molecule has 0 aromatic carbocycles. The molecule has 1 fully saturated rings. The minimum absolute atomic E-state index is 0.0885. The van der Waals surface area contributed by atoms with Crippen LogP contribution >= 0.6 is 0 Å². The summed E-state index contributed by atoms with van der Waals surface area (Å²) in [6.45, 7) is 4.91. The van der Waals surface area contributed by atoms with Crippen LogP contribution in [0.25, 0.3) is 0 Å². The topological polar surface area (TPSA) is 81.9 Å². The molecule has 0 bridgehead atoms. The molecule has 128 valence electrons. The van der Waals surface area contributed by atoms with E-state index in [4.69, 9.17) is 4.74 Å². The van der Waals surface area contributed by atoms with Gasteiger partial charge in [-0.25, -0.2) is 15.0 Å². The van der Waals surface area contributed by atoms with Gasteiger partial charge in [0, 0.05) is 44.7 Å². The number of hydrogen-bond donors (Lipinski definition) is 1. The molecule has 2 aromatic rings. The molecule has 1 saturated heterocycles. The minimum Gasteiger partial charge on any atom is -0.370 e. The van der Waals surface area contributed by atoms with Crippen LogP contribution in [0, 0.1) is 19.8 Å². The van der Waals surface area contributed by atoms with Crippen LogP contribution < -0.4 is 5.32 Å². The zero-order valence-corrected chi connectivity index (χ0v) is 14.3. The zero-order chi connectivity index (χ0) is 17.1. The fraction of sp³-hybridized carbons (Fsp3) is 0.529. The largest absolute Gasteiger partial charge is 0.370 e. The van der Waals surface area contributed by atoms with Crippen molar-refractivity contribution in [1.29, 1.82) is 0 Å². The molecule has 0 unspecified atom stereocenters.